The van der Waals surface area contributed by atoms with Crippen molar-refractivity contribution in [2.45, 2.75) is 51.5 Å². The van der Waals surface area contributed by atoms with Crippen LogP contribution in [-0.4, -0.2) is 72.8 Å². The predicted octanol–water partition coefficient (Wildman–Crippen LogP) is 0.528. The Balaban J connectivity index is 0.00000312. The topological polar surface area (TPSA) is 81.8 Å². The molecular weight excluding hydrogens is 344 g/mol. The molecule has 1 aliphatic heterocycles. The summed E-state index contributed by atoms with van der Waals surface area (Å²) in [5, 5.41) is 6.32. The standard InChI is InChI=1S/C17H30N4O3.ClH/c1-2-20-11-12-21(17(24)16(20)23)13-15(22)19-10-9-18-14-7-5-3-4-6-8-14;/h14,18H,2-13H2,1H3,(H,19,22);1H. The van der Waals surface area contributed by atoms with Crippen molar-refractivity contribution in [1.82, 2.24) is 20.4 Å². The minimum absolute atomic E-state index is 0. The summed E-state index contributed by atoms with van der Waals surface area (Å²) in [5.41, 5.74) is 0. The van der Waals surface area contributed by atoms with Crippen LogP contribution in [0.4, 0.5) is 0 Å². The lowest BCUT2D eigenvalue weighted by atomic mass is 10.1. The average molecular weight is 375 g/mol. The van der Waals surface area contributed by atoms with Gasteiger partial charge in [-0.05, 0) is 19.8 Å². The van der Waals surface area contributed by atoms with E-state index < -0.39 is 11.8 Å². The second-order valence-corrected chi connectivity index (χ2v) is 6.60. The lowest BCUT2D eigenvalue weighted by molar-refractivity contribution is -0.156. The maximum absolute atomic E-state index is 12.0. The molecule has 0 spiro atoms. The van der Waals surface area contributed by atoms with E-state index in [1.807, 2.05) is 6.92 Å². The van der Waals surface area contributed by atoms with Crippen LogP contribution in [0.3, 0.4) is 0 Å². The Morgan fingerprint density at radius 2 is 1.60 bits per heavy atom. The molecule has 0 aromatic rings. The highest BCUT2D eigenvalue weighted by molar-refractivity contribution is 6.35. The number of hydrogen-bond donors (Lipinski definition) is 2. The highest BCUT2D eigenvalue weighted by Crippen LogP contribution is 2.16. The van der Waals surface area contributed by atoms with Gasteiger partial charge >= 0.3 is 11.8 Å². The second-order valence-electron chi connectivity index (χ2n) is 6.60. The molecular formula is C17H31ClN4O3. The molecule has 0 aromatic carbocycles. The van der Waals surface area contributed by atoms with Gasteiger partial charge in [-0.15, -0.1) is 12.4 Å². The SMILES string of the molecule is CCN1CCN(CC(=O)NCCNC2CCCCCC2)C(=O)C1=O.Cl. The van der Waals surface area contributed by atoms with E-state index in [0.29, 0.717) is 32.2 Å². The van der Waals surface area contributed by atoms with Gasteiger partial charge in [0.05, 0.1) is 0 Å². The molecule has 1 aliphatic carbocycles. The van der Waals surface area contributed by atoms with Crippen LogP contribution in [0.25, 0.3) is 0 Å². The number of hydrogen-bond acceptors (Lipinski definition) is 4. The van der Waals surface area contributed by atoms with E-state index >= 15 is 0 Å². The number of rotatable bonds is 7. The third-order valence-electron chi connectivity index (χ3n) is 4.85. The van der Waals surface area contributed by atoms with Crippen molar-refractivity contribution in [2.24, 2.45) is 0 Å². The fourth-order valence-corrected chi connectivity index (χ4v) is 3.36. The molecule has 8 heteroatoms. The molecule has 0 atom stereocenters. The number of carbonyl (C=O) groups is 3. The molecule has 3 amide bonds. The Morgan fingerprint density at radius 1 is 1.00 bits per heavy atom. The first-order valence-corrected chi connectivity index (χ1v) is 9.20. The third kappa shape index (κ3) is 6.82. The summed E-state index contributed by atoms with van der Waals surface area (Å²) in [6, 6.07) is 0.561. The van der Waals surface area contributed by atoms with Gasteiger partial charge in [0.25, 0.3) is 0 Å². The molecule has 0 aromatic heterocycles. The van der Waals surface area contributed by atoms with E-state index in [1.165, 1.54) is 48.3 Å². The van der Waals surface area contributed by atoms with Crippen LogP contribution < -0.4 is 10.6 Å². The van der Waals surface area contributed by atoms with Gasteiger partial charge in [0.2, 0.25) is 5.91 Å². The molecule has 144 valence electrons. The molecule has 2 aliphatic rings. The van der Waals surface area contributed by atoms with E-state index in [-0.39, 0.29) is 24.9 Å². The predicted molar refractivity (Wildman–Crippen MR) is 98.6 cm³/mol. The fourth-order valence-electron chi connectivity index (χ4n) is 3.36. The number of halogens is 1. The molecule has 1 saturated carbocycles. The van der Waals surface area contributed by atoms with Gasteiger partial charge in [-0.25, -0.2) is 0 Å². The highest BCUT2D eigenvalue weighted by atomic mass is 35.5. The summed E-state index contributed by atoms with van der Waals surface area (Å²) in [7, 11) is 0. The number of nitrogens with one attached hydrogen (secondary N) is 2. The molecule has 25 heavy (non-hydrogen) atoms. The summed E-state index contributed by atoms with van der Waals surface area (Å²) in [6.07, 6.45) is 7.65. The van der Waals surface area contributed by atoms with E-state index in [2.05, 4.69) is 10.6 Å². The lowest BCUT2D eigenvalue weighted by Crippen LogP contribution is -2.56. The van der Waals surface area contributed by atoms with Crippen LogP contribution in [0.15, 0.2) is 0 Å². The van der Waals surface area contributed by atoms with Crippen molar-refractivity contribution < 1.29 is 14.4 Å². The zero-order valence-corrected chi connectivity index (χ0v) is 15.9. The lowest BCUT2D eigenvalue weighted by Gasteiger charge is -2.32. The van der Waals surface area contributed by atoms with Crippen molar-refractivity contribution in [3.8, 4) is 0 Å². The largest absolute Gasteiger partial charge is 0.353 e. The Bertz CT molecular complexity index is 453. The number of likely N-dealkylation sites (N-methyl/N-ethyl adjacent to an activating group) is 1. The van der Waals surface area contributed by atoms with Gasteiger partial charge in [0.1, 0.15) is 6.54 Å². The number of nitrogens with zero attached hydrogens (tertiary/aromatic N) is 2. The molecule has 0 radical (unpaired) electrons. The summed E-state index contributed by atoms with van der Waals surface area (Å²) in [5.74, 6) is -1.29. The molecule has 0 unspecified atom stereocenters. The Kier molecular flexibility index (Phi) is 9.82. The number of carbonyl (C=O) groups excluding carboxylic acids is 3. The van der Waals surface area contributed by atoms with Gasteiger partial charge in [-0.2, -0.15) is 0 Å². The van der Waals surface area contributed by atoms with Crippen LogP contribution in [0.5, 0.6) is 0 Å². The zero-order valence-electron chi connectivity index (χ0n) is 15.1. The first-order chi connectivity index (χ1) is 11.6. The van der Waals surface area contributed by atoms with Crippen LogP contribution in [0.2, 0.25) is 0 Å². The maximum Gasteiger partial charge on any atom is 0.312 e. The Morgan fingerprint density at radius 3 is 2.24 bits per heavy atom. The number of piperazine rings is 1. The summed E-state index contributed by atoms with van der Waals surface area (Å²) >= 11 is 0. The summed E-state index contributed by atoms with van der Waals surface area (Å²) in [6.45, 7) is 4.54. The Labute approximate surface area is 156 Å². The molecule has 1 heterocycles. The van der Waals surface area contributed by atoms with Gasteiger partial charge in [0, 0.05) is 38.8 Å². The van der Waals surface area contributed by atoms with Crippen LogP contribution in [0, 0.1) is 0 Å². The van der Waals surface area contributed by atoms with E-state index in [4.69, 9.17) is 0 Å². The van der Waals surface area contributed by atoms with Gasteiger partial charge in [-0.3, -0.25) is 14.4 Å². The van der Waals surface area contributed by atoms with Crippen LogP contribution in [-0.2, 0) is 14.4 Å². The van der Waals surface area contributed by atoms with Crippen molar-refractivity contribution >= 4 is 30.1 Å². The average Bonchev–Trinajstić information content (AvgIpc) is 2.85. The Hall–Kier alpha value is -1.34. The number of amides is 3. The first-order valence-electron chi connectivity index (χ1n) is 9.20. The smallest absolute Gasteiger partial charge is 0.312 e. The van der Waals surface area contributed by atoms with Gasteiger partial charge < -0.3 is 20.4 Å². The third-order valence-corrected chi connectivity index (χ3v) is 4.85. The molecule has 0 bridgehead atoms. The zero-order chi connectivity index (χ0) is 17.4. The minimum Gasteiger partial charge on any atom is -0.353 e. The molecule has 7 nitrogen and oxygen atoms in total. The van der Waals surface area contributed by atoms with Gasteiger partial charge in [0.15, 0.2) is 0 Å². The van der Waals surface area contributed by atoms with E-state index in [0.717, 1.165) is 6.54 Å². The van der Waals surface area contributed by atoms with Crippen LogP contribution >= 0.6 is 12.4 Å². The molecule has 2 rings (SSSR count). The molecule has 2 fully saturated rings. The normalized spacial score (nSPS) is 19.4. The minimum atomic E-state index is -0.574. The van der Waals surface area contributed by atoms with Crippen molar-refractivity contribution in [1.29, 1.82) is 0 Å². The summed E-state index contributed by atoms with van der Waals surface area (Å²) < 4.78 is 0. The van der Waals surface area contributed by atoms with E-state index in [1.54, 1.807) is 0 Å². The van der Waals surface area contributed by atoms with Gasteiger partial charge in [-0.1, -0.05) is 25.7 Å². The van der Waals surface area contributed by atoms with Crippen molar-refractivity contribution in [3.05, 3.63) is 0 Å². The quantitative estimate of drug-likeness (QED) is 0.387. The van der Waals surface area contributed by atoms with Crippen molar-refractivity contribution in [3.63, 3.8) is 0 Å². The van der Waals surface area contributed by atoms with Crippen molar-refractivity contribution in [2.75, 3.05) is 39.3 Å². The monoisotopic (exact) mass is 374 g/mol. The fraction of sp³-hybridized carbons (Fsp3) is 0.824. The molecule has 1 saturated heterocycles. The maximum atomic E-state index is 12.0. The molecule has 2 N–H and O–H groups in total. The van der Waals surface area contributed by atoms with Crippen LogP contribution in [0.1, 0.15) is 45.4 Å². The second kappa shape index (κ2) is 11.3. The highest BCUT2D eigenvalue weighted by Gasteiger charge is 2.32. The first kappa shape index (κ1) is 21.7. The van der Waals surface area contributed by atoms with E-state index in [9.17, 15) is 14.4 Å². The summed E-state index contributed by atoms with van der Waals surface area (Å²) in [4.78, 5) is 38.6.